The lowest BCUT2D eigenvalue weighted by Crippen LogP contribution is -2.57. The molecule has 18 heavy (non-hydrogen) atoms. The Balaban J connectivity index is 2.96. The van der Waals surface area contributed by atoms with Crippen molar-refractivity contribution in [3.05, 3.63) is 34.6 Å². The van der Waals surface area contributed by atoms with Crippen molar-refractivity contribution in [3.63, 3.8) is 0 Å². The Hall–Kier alpha value is -1.13. The molecule has 2 N–H and O–H groups in total. The molecule has 0 aromatic heterocycles. The molecule has 1 amide bonds. The molecule has 100 valence electrons. The van der Waals surface area contributed by atoms with Crippen LogP contribution in [0.3, 0.4) is 0 Å². The van der Waals surface area contributed by atoms with Crippen molar-refractivity contribution >= 4 is 17.5 Å². The lowest BCUT2D eigenvalue weighted by atomic mass is 9.85. The molecule has 0 bridgehead atoms. The SMILES string of the molecule is CC(C)(O)C(C)(C)NC(=O)c1ccc(Cl)cc1F. The largest absolute Gasteiger partial charge is 0.388 e. The van der Waals surface area contributed by atoms with E-state index in [0.29, 0.717) is 0 Å². The molecule has 0 aliphatic heterocycles. The maximum absolute atomic E-state index is 13.6. The zero-order valence-corrected chi connectivity index (χ0v) is 11.6. The third kappa shape index (κ3) is 3.21. The minimum atomic E-state index is -1.13. The van der Waals surface area contributed by atoms with Gasteiger partial charge >= 0.3 is 0 Å². The van der Waals surface area contributed by atoms with E-state index in [1.807, 2.05) is 0 Å². The van der Waals surface area contributed by atoms with E-state index in [1.165, 1.54) is 12.1 Å². The van der Waals surface area contributed by atoms with E-state index in [4.69, 9.17) is 11.6 Å². The van der Waals surface area contributed by atoms with Gasteiger partial charge in [0.25, 0.3) is 5.91 Å². The third-order valence-electron chi connectivity index (χ3n) is 3.13. The summed E-state index contributed by atoms with van der Waals surface area (Å²) >= 11 is 5.62. The molecule has 0 saturated carbocycles. The molecule has 0 atom stereocenters. The van der Waals surface area contributed by atoms with Crippen molar-refractivity contribution in [3.8, 4) is 0 Å². The number of carbonyl (C=O) groups is 1. The summed E-state index contributed by atoms with van der Waals surface area (Å²) < 4.78 is 13.6. The van der Waals surface area contributed by atoms with Gasteiger partial charge in [0.15, 0.2) is 0 Å². The van der Waals surface area contributed by atoms with Crippen molar-refractivity contribution in [2.75, 3.05) is 0 Å². The van der Waals surface area contributed by atoms with E-state index in [9.17, 15) is 14.3 Å². The summed E-state index contributed by atoms with van der Waals surface area (Å²) in [5, 5.41) is 12.8. The Kier molecular flexibility index (Phi) is 4.03. The minimum absolute atomic E-state index is 0.100. The van der Waals surface area contributed by atoms with Crippen molar-refractivity contribution in [1.82, 2.24) is 5.32 Å². The molecule has 0 fully saturated rings. The van der Waals surface area contributed by atoms with E-state index >= 15 is 0 Å². The Morgan fingerprint density at radius 1 is 1.33 bits per heavy atom. The van der Waals surface area contributed by atoms with Crippen LogP contribution in [0.25, 0.3) is 0 Å². The van der Waals surface area contributed by atoms with Gasteiger partial charge in [-0.15, -0.1) is 0 Å². The molecule has 1 aromatic rings. The van der Waals surface area contributed by atoms with Crippen LogP contribution >= 0.6 is 11.6 Å². The van der Waals surface area contributed by atoms with Gasteiger partial charge in [-0.1, -0.05) is 11.6 Å². The number of halogens is 2. The summed E-state index contributed by atoms with van der Waals surface area (Å²) in [6.45, 7) is 6.48. The fourth-order valence-electron chi connectivity index (χ4n) is 1.18. The first-order valence-electron chi connectivity index (χ1n) is 5.54. The first-order chi connectivity index (χ1) is 8.04. The topological polar surface area (TPSA) is 49.3 Å². The molecule has 0 saturated heterocycles. The fourth-order valence-corrected chi connectivity index (χ4v) is 1.34. The third-order valence-corrected chi connectivity index (χ3v) is 3.37. The molecule has 0 radical (unpaired) electrons. The van der Waals surface area contributed by atoms with Crippen LogP contribution in [0.1, 0.15) is 38.1 Å². The number of nitrogens with one attached hydrogen (secondary N) is 1. The van der Waals surface area contributed by atoms with Crippen molar-refractivity contribution < 1.29 is 14.3 Å². The minimum Gasteiger partial charge on any atom is -0.388 e. The van der Waals surface area contributed by atoms with Crippen LogP contribution in [0.4, 0.5) is 4.39 Å². The second-order valence-corrected chi connectivity index (χ2v) is 5.70. The van der Waals surface area contributed by atoms with E-state index in [1.54, 1.807) is 27.7 Å². The van der Waals surface area contributed by atoms with Gasteiger partial charge in [-0.2, -0.15) is 0 Å². The highest BCUT2D eigenvalue weighted by Gasteiger charge is 2.36. The molecule has 1 aromatic carbocycles. The van der Waals surface area contributed by atoms with Crippen LogP contribution in [-0.4, -0.2) is 22.2 Å². The van der Waals surface area contributed by atoms with E-state index in [-0.39, 0.29) is 10.6 Å². The van der Waals surface area contributed by atoms with Gasteiger partial charge in [-0.25, -0.2) is 4.39 Å². The zero-order chi connectivity index (χ0) is 14.1. The highest BCUT2D eigenvalue weighted by atomic mass is 35.5. The molecule has 0 aliphatic rings. The summed E-state index contributed by atoms with van der Waals surface area (Å²) in [7, 11) is 0. The molecule has 0 unspecified atom stereocenters. The monoisotopic (exact) mass is 273 g/mol. The molecule has 5 heteroatoms. The van der Waals surface area contributed by atoms with Crippen LogP contribution in [0, 0.1) is 5.82 Å². The number of aliphatic hydroxyl groups is 1. The predicted molar refractivity (Wildman–Crippen MR) is 69.3 cm³/mol. The lowest BCUT2D eigenvalue weighted by Gasteiger charge is -2.38. The second kappa shape index (κ2) is 4.86. The Morgan fingerprint density at radius 2 is 1.89 bits per heavy atom. The van der Waals surface area contributed by atoms with E-state index in [0.717, 1.165) is 6.07 Å². The van der Waals surface area contributed by atoms with Crippen LogP contribution < -0.4 is 5.32 Å². The first kappa shape index (κ1) is 14.9. The van der Waals surface area contributed by atoms with Gasteiger partial charge in [0, 0.05) is 5.02 Å². The average Bonchev–Trinajstić information content (AvgIpc) is 2.14. The van der Waals surface area contributed by atoms with Gasteiger partial charge in [-0.3, -0.25) is 4.79 Å². The zero-order valence-electron chi connectivity index (χ0n) is 10.8. The Bertz CT molecular complexity index is 467. The van der Waals surface area contributed by atoms with Gasteiger partial charge in [0.1, 0.15) is 5.82 Å². The molecular weight excluding hydrogens is 257 g/mol. The number of rotatable bonds is 3. The molecule has 0 heterocycles. The highest BCUT2D eigenvalue weighted by Crippen LogP contribution is 2.22. The standard InChI is InChI=1S/C13H17ClFNO2/c1-12(2,13(3,4)18)16-11(17)9-6-5-8(14)7-10(9)15/h5-7,18H,1-4H3,(H,16,17). The quantitative estimate of drug-likeness (QED) is 0.890. The number of amides is 1. The summed E-state index contributed by atoms with van der Waals surface area (Å²) in [5.74, 6) is -1.28. The van der Waals surface area contributed by atoms with Crippen LogP contribution in [-0.2, 0) is 0 Å². The average molecular weight is 274 g/mol. The lowest BCUT2D eigenvalue weighted by molar-refractivity contribution is -0.00300. The van der Waals surface area contributed by atoms with Gasteiger partial charge in [0.2, 0.25) is 0 Å². The number of carbonyl (C=O) groups excluding carboxylic acids is 1. The predicted octanol–water partition coefficient (Wildman–Crippen LogP) is 2.76. The van der Waals surface area contributed by atoms with Crippen molar-refractivity contribution in [2.45, 2.75) is 38.8 Å². The summed E-state index contributed by atoms with van der Waals surface area (Å²) in [6.07, 6.45) is 0. The van der Waals surface area contributed by atoms with E-state index in [2.05, 4.69) is 5.32 Å². The normalized spacial score (nSPS) is 12.4. The maximum atomic E-state index is 13.6. The van der Waals surface area contributed by atoms with Crippen molar-refractivity contribution in [1.29, 1.82) is 0 Å². The number of hydrogen-bond donors (Lipinski definition) is 2. The summed E-state index contributed by atoms with van der Waals surface area (Å²) in [5.41, 5.74) is -2.13. The highest BCUT2D eigenvalue weighted by molar-refractivity contribution is 6.30. The number of benzene rings is 1. The van der Waals surface area contributed by atoms with Crippen LogP contribution in [0.5, 0.6) is 0 Å². The second-order valence-electron chi connectivity index (χ2n) is 5.26. The smallest absolute Gasteiger partial charge is 0.254 e. The Morgan fingerprint density at radius 3 is 2.33 bits per heavy atom. The summed E-state index contributed by atoms with van der Waals surface area (Å²) in [6, 6.07) is 3.83. The molecule has 3 nitrogen and oxygen atoms in total. The molecule has 0 aliphatic carbocycles. The van der Waals surface area contributed by atoms with Gasteiger partial charge < -0.3 is 10.4 Å². The molecular formula is C13H17ClFNO2. The van der Waals surface area contributed by atoms with Crippen LogP contribution in [0.15, 0.2) is 18.2 Å². The maximum Gasteiger partial charge on any atom is 0.254 e. The van der Waals surface area contributed by atoms with Gasteiger partial charge in [-0.05, 0) is 45.9 Å². The van der Waals surface area contributed by atoms with E-state index < -0.39 is 22.9 Å². The Labute approximate surface area is 111 Å². The molecule has 0 spiro atoms. The summed E-state index contributed by atoms with van der Waals surface area (Å²) in [4.78, 5) is 11.9. The molecule has 1 rings (SSSR count). The van der Waals surface area contributed by atoms with Crippen molar-refractivity contribution in [2.24, 2.45) is 0 Å². The number of hydrogen-bond acceptors (Lipinski definition) is 2. The fraction of sp³-hybridized carbons (Fsp3) is 0.462. The van der Waals surface area contributed by atoms with Crippen LogP contribution in [0.2, 0.25) is 5.02 Å². The van der Waals surface area contributed by atoms with Gasteiger partial charge in [0.05, 0.1) is 16.7 Å². The first-order valence-corrected chi connectivity index (χ1v) is 5.92.